The molecular weight excluding hydrogens is 246 g/mol. The van der Waals surface area contributed by atoms with Crippen LogP contribution < -0.4 is 0 Å². The molecule has 0 aliphatic carbocycles. The zero-order valence-electron chi connectivity index (χ0n) is 10.1. The number of nitrogens with zero attached hydrogens (tertiary/aromatic N) is 3. The van der Waals surface area contributed by atoms with Gasteiger partial charge in [0.25, 0.3) is 0 Å². The van der Waals surface area contributed by atoms with Gasteiger partial charge in [0.15, 0.2) is 5.65 Å². The average Bonchev–Trinajstić information content (AvgIpc) is 2.82. The van der Waals surface area contributed by atoms with E-state index in [1.165, 1.54) is 25.0 Å². The highest BCUT2D eigenvalue weighted by atomic mass is 32.2. The van der Waals surface area contributed by atoms with Gasteiger partial charge in [0.2, 0.25) is 0 Å². The van der Waals surface area contributed by atoms with Gasteiger partial charge < -0.3 is 0 Å². The number of carbonyl (C=O) groups excluding carboxylic acids is 1. The van der Waals surface area contributed by atoms with Crippen molar-refractivity contribution < 1.29 is 4.79 Å². The van der Waals surface area contributed by atoms with Gasteiger partial charge in [-0.25, -0.2) is 0 Å². The lowest BCUT2D eigenvalue weighted by atomic mass is 10.1. The number of rotatable bonds is 3. The van der Waals surface area contributed by atoms with E-state index in [1.54, 1.807) is 12.1 Å². The monoisotopic (exact) mass is 261 g/mol. The van der Waals surface area contributed by atoms with Gasteiger partial charge >= 0.3 is 0 Å². The SMILES string of the molecule is O=Cc1ccn2c(CC3CCCCS3)nnc2c1. The molecule has 4 nitrogen and oxygen atoms in total. The topological polar surface area (TPSA) is 47.3 Å². The minimum absolute atomic E-state index is 0.647. The van der Waals surface area contributed by atoms with Gasteiger partial charge in [0, 0.05) is 23.4 Å². The Morgan fingerprint density at radius 1 is 1.44 bits per heavy atom. The molecule has 1 atom stereocenters. The molecule has 0 saturated carbocycles. The molecule has 2 aromatic heterocycles. The summed E-state index contributed by atoms with van der Waals surface area (Å²) >= 11 is 2.04. The number of aromatic nitrogens is 3. The molecule has 1 unspecified atom stereocenters. The van der Waals surface area contributed by atoms with Crippen molar-refractivity contribution in [1.82, 2.24) is 14.6 Å². The second kappa shape index (κ2) is 5.10. The number of thioether (sulfide) groups is 1. The predicted octanol–water partition coefficient (Wildman–Crippen LogP) is 2.37. The Balaban J connectivity index is 1.85. The highest BCUT2D eigenvalue weighted by Crippen LogP contribution is 2.27. The van der Waals surface area contributed by atoms with Crippen molar-refractivity contribution in [1.29, 1.82) is 0 Å². The number of carbonyl (C=O) groups is 1. The second-order valence-electron chi connectivity index (χ2n) is 4.62. The summed E-state index contributed by atoms with van der Waals surface area (Å²) < 4.78 is 1.99. The van der Waals surface area contributed by atoms with Crippen LogP contribution in [-0.2, 0) is 6.42 Å². The molecule has 1 aliphatic heterocycles. The molecule has 1 saturated heterocycles. The Bertz CT molecular complexity index is 560. The van der Waals surface area contributed by atoms with Crippen molar-refractivity contribution in [2.24, 2.45) is 0 Å². The van der Waals surface area contributed by atoms with Crippen LogP contribution in [0.1, 0.15) is 35.4 Å². The molecule has 0 N–H and O–H groups in total. The van der Waals surface area contributed by atoms with E-state index < -0.39 is 0 Å². The van der Waals surface area contributed by atoms with Gasteiger partial charge in [-0.3, -0.25) is 9.20 Å². The first-order valence-corrected chi connectivity index (χ1v) is 7.32. The van der Waals surface area contributed by atoms with Crippen molar-refractivity contribution in [3.8, 4) is 0 Å². The zero-order chi connectivity index (χ0) is 12.4. The first-order valence-electron chi connectivity index (χ1n) is 6.27. The van der Waals surface area contributed by atoms with Gasteiger partial charge in [-0.2, -0.15) is 11.8 Å². The fourth-order valence-corrected chi connectivity index (χ4v) is 3.65. The normalized spacial score (nSPS) is 20.1. The van der Waals surface area contributed by atoms with Gasteiger partial charge in [-0.15, -0.1) is 10.2 Å². The smallest absolute Gasteiger partial charge is 0.161 e. The van der Waals surface area contributed by atoms with Crippen LogP contribution in [-0.4, -0.2) is 31.9 Å². The lowest BCUT2D eigenvalue weighted by Gasteiger charge is -2.20. The first-order chi connectivity index (χ1) is 8.86. The number of hydrogen-bond donors (Lipinski definition) is 0. The summed E-state index contributed by atoms with van der Waals surface area (Å²) in [7, 11) is 0. The van der Waals surface area contributed by atoms with Crippen LogP contribution in [0.2, 0.25) is 0 Å². The Morgan fingerprint density at radius 3 is 3.17 bits per heavy atom. The Kier molecular flexibility index (Phi) is 3.32. The van der Waals surface area contributed by atoms with E-state index in [-0.39, 0.29) is 0 Å². The maximum absolute atomic E-state index is 10.7. The highest BCUT2D eigenvalue weighted by Gasteiger charge is 2.17. The molecule has 18 heavy (non-hydrogen) atoms. The molecule has 94 valence electrons. The molecule has 0 aromatic carbocycles. The van der Waals surface area contributed by atoms with E-state index in [9.17, 15) is 4.79 Å². The Labute approximate surface area is 110 Å². The summed E-state index contributed by atoms with van der Waals surface area (Å²) in [5.41, 5.74) is 1.41. The van der Waals surface area contributed by atoms with E-state index in [0.717, 1.165) is 24.2 Å². The largest absolute Gasteiger partial charge is 0.298 e. The van der Waals surface area contributed by atoms with Crippen LogP contribution in [0, 0.1) is 0 Å². The maximum atomic E-state index is 10.7. The standard InChI is InChI=1S/C13H15N3OS/c17-9-10-4-5-16-12(7-10)14-15-13(16)8-11-3-1-2-6-18-11/h4-5,7,9,11H,1-3,6,8H2. The van der Waals surface area contributed by atoms with E-state index >= 15 is 0 Å². The summed E-state index contributed by atoms with van der Waals surface area (Å²) in [5.74, 6) is 2.26. The molecule has 3 rings (SSSR count). The van der Waals surface area contributed by atoms with Crippen LogP contribution in [0.25, 0.3) is 5.65 Å². The second-order valence-corrected chi connectivity index (χ2v) is 6.02. The van der Waals surface area contributed by atoms with Crippen LogP contribution in [0.5, 0.6) is 0 Å². The van der Waals surface area contributed by atoms with Gasteiger partial charge in [-0.05, 0) is 30.7 Å². The molecule has 3 heterocycles. The van der Waals surface area contributed by atoms with Gasteiger partial charge in [0.05, 0.1) is 0 Å². The molecule has 0 radical (unpaired) electrons. The number of hydrogen-bond acceptors (Lipinski definition) is 4. The van der Waals surface area contributed by atoms with Crippen LogP contribution in [0.15, 0.2) is 18.3 Å². The molecule has 5 heteroatoms. The minimum atomic E-state index is 0.647. The zero-order valence-corrected chi connectivity index (χ0v) is 10.9. The van der Waals surface area contributed by atoms with E-state index in [0.29, 0.717) is 10.8 Å². The van der Waals surface area contributed by atoms with Gasteiger partial charge in [0.1, 0.15) is 12.1 Å². The third-order valence-electron chi connectivity index (χ3n) is 3.32. The molecule has 2 aromatic rings. The average molecular weight is 261 g/mol. The first kappa shape index (κ1) is 11.7. The number of pyridine rings is 1. The van der Waals surface area contributed by atoms with Crippen molar-refractivity contribution in [2.45, 2.75) is 30.9 Å². The summed E-state index contributed by atoms with van der Waals surface area (Å²) in [5, 5.41) is 9.05. The van der Waals surface area contributed by atoms with Crippen LogP contribution >= 0.6 is 11.8 Å². The number of fused-ring (bicyclic) bond motifs is 1. The van der Waals surface area contributed by atoms with Crippen molar-refractivity contribution in [3.05, 3.63) is 29.7 Å². The third-order valence-corrected chi connectivity index (χ3v) is 4.72. The minimum Gasteiger partial charge on any atom is -0.298 e. The molecule has 0 spiro atoms. The lowest BCUT2D eigenvalue weighted by Crippen LogP contribution is -2.14. The van der Waals surface area contributed by atoms with E-state index in [4.69, 9.17) is 0 Å². The number of aldehydes is 1. The van der Waals surface area contributed by atoms with Crippen molar-refractivity contribution in [2.75, 3.05) is 5.75 Å². The Hall–Kier alpha value is -1.36. The quantitative estimate of drug-likeness (QED) is 0.796. The van der Waals surface area contributed by atoms with E-state index in [2.05, 4.69) is 10.2 Å². The molecular formula is C13H15N3OS. The Morgan fingerprint density at radius 2 is 2.39 bits per heavy atom. The van der Waals surface area contributed by atoms with E-state index in [1.807, 2.05) is 22.4 Å². The van der Waals surface area contributed by atoms with Crippen LogP contribution in [0.3, 0.4) is 0 Å². The third kappa shape index (κ3) is 2.27. The summed E-state index contributed by atoms with van der Waals surface area (Å²) in [6, 6.07) is 3.58. The lowest BCUT2D eigenvalue weighted by molar-refractivity contribution is 0.112. The predicted molar refractivity (Wildman–Crippen MR) is 72.2 cm³/mol. The fourth-order valence-electron chi connectivity index (χ4n) is 2.34. The van der Waals surface area contributed by atoms with Crippen molar-refractivity contribution in [3.63, 3.8) is 0 Å². The molecule has 1 aliphatic rings. The summed E-state index contributed by atoms with van der Waals surface area (Å²) in [6.45, 7) is 0. The van der Waals surface area contributed by atoms with Gasteiger partial charge in [-0.1, -0.05) is 6.42 Å². The van der Waals surface area contributed by atoms with Crippen molar-refractivity contribution >= 4 is 23.7 Å². The summed E-state index contributed by atoms with van der Waals surface area (Å²) in [4.78, 5) is 10.7. The molecule has 1 fully saturated rings. The summed E-state index contributed by atoms with van der Waals surface area (Å²) in [6.07, 6.45) is 7.62. The fraction of sp³-hybridized carbons (Fsp3) is 0.462. The van der Waals surface area contributed by atoms with Crippen LogP contribution in [0.4, 0.5) is 0 Å². The molecule has 0 bridgehead atoms. The molecule has 0 amide bonds. The maximum Gasteiger partial charge on any atom is 0.161 e. The highest BCUT2D eigenvalue weighted by molar-refractivity contribution is 7.99.